The molecule has 0 atom stereocenters. The molecule has 0 saturated carbocycles. The molecule has 0 fully saturated rings. The van der Waals surface area contributed by atoms with Crippen LogP contribution in [0.1, 0.15) is 5.56 Å². The van der Waals surface area contributed by atoms with Gasteiger partial charge in [0.15, 0.2) is 0 Å². The largest absolute Gasteiger partial charge is 0.340 e. The van der Waals surface area contributed by atoms with Crippen molar-refractivity contribution in [3.8, 4) is 0 Å². The van der Waals surface area contributed by atoms with E-state index in [9.17, 15) is 0 Å². The third-order valence-electron chi connectivity index (χ3n) is 2.72. The highest BCUT2D eigenvalue weighted by Gasteiger charge is 2.03. The molecule has 3 aromatic rings. The average molecular weight is 236 g/mol. The lowest BCUT2D eigenvalue weighted by atomic mass is 10.2. The third kappa shape index (κ3) is 2.00. The number of pyridine rings is 1. The average Bonchev–Trinajstić information content (AvgIpc) is 2.39. The Balaban J connectivity index is 2.05. The van der Waals surface area contributed by atoms with Crippen molar-refractivity contribution in [1.82, 2.24) is 15.0 Å². The highest BCUT2D eigenvalue weighted by molar-refractivity contribution is 5.89. The van der Waals surface area contributed by atoms with E-state index >= 15 is 0 Å². The van der Waals surface area contributed by atoms with E-state index in [1.54, 1.807) is 18.7 Å². The molecule has 2 heterocycles. The number of fused-ring (bicyclic) bond motifs is 1. The summed E-state index contributed by atoms with van der Waals surface area (Å²) < 4.78 is 0. The molecule has 0 aliphatic heterocycles. The van der Waals surface area contributed by atoms with Crippen LogP contribution in [0.25, 0.3) is 10.9 Å². The standard InChI is InChI=1S/C14H12N4/c1-10-3-2-4-11(7-10)18-14-12-5-6-15-8-13(12)16-9-17-14/h2-9H,1H3,(H,16,17,18). The first kappa shape index (κ1) is 10.7. The molecular formula is C14H12N4. The highest BCUT2D eigenvalue weighted by Crippen LogP contribution is 2.22. The van der Waals surface area contributed by atoms with Crippen LogP contribution >= 0.6 is 0 Å². The van der Waals surface area contributed by atoms with Crippen LogP contribution in [-0.2, 0) is 0 Å². The number of hydrogen-bond acceptors (Lipinski definition) is 4. The minimum absolute atomic E-state index is 0.799. The zero-order valence-electron chi connectivity index (χ0n) is 9.96. The van der Waals surface area contributed by atoms with Gasteiger partial charge in [-0.25, -0.2) is 9.97 Å². The number of aryl methyl sites for hydroxylation is 1. The second-order valence-corrected chi connectivity index (χ2v) is 4.11. The molecule has 0 bridgehead atoms. The number of nitrogens with one attached hydrogen (secondary N) is 1. The first-order valence-corrected chi connectivity index (χ1v) is 5.71. The number of rotatable bonds is 2. The van der Waals surface area contributed by atoms with Crippen LogP contribution in [0.4, 0.5) is 11.5 Å². The maximum Gasteiger partial charge on any atom is 0.141 e. The molecule has 18 heavy (non-hydrogen) atoms. The van der Waals surface area contributed by atoms with E-state index in [1.807, 2.05) is 18.2 Å². The topological polar surface area (TPSA) is 50.7 Å². The van der Waals surface area contributed by atoms with Gasteiger partial charge in [0, 0.05) is 17.3 Å². The van der Waals surface area contributed by atoms with Crippen LogP contribution in [-0.4, -0.2) is 15.0 Å². The van der Waals surface area contributed by atoms with Crippen LogP contribution in [0.2, 0.25) is 0 Å². The first-order valence-electron chi connectivity index (χ1n) is 5.71. The minimum Gasteiger partial charge on any atom is -0.340 e. The maximum atomic E-state index is 4.28. The van der Waals surface area contributed by atoms with E-state index in [4.69, 9.17) is 0 Å². The molecule has 4 nitrogen and oxygen atoms in total. The Kier molecular flexibility index (Phi) is 2.61. The predicted molar refractivity (Wildman–Crippen MR) is 71.8 cm³/mol. The van der Waals surface area contributed by atoms with Gasteiger partial charge < -0.3 is 5.32 Å². The zero-order valence-corrected chi connectivity index (χ0v) is 9.96. The van der Waals surface area contributed by atoms with Gasteiger partial charge in [0.25, 0.3) is 0 Å². The number of aromatic nitrogens is 3. The number of anilines is 2. The summed E-state index contributed by atoms with van der Waals surface area (Å²) in [4.78, 5) is 12.5. The molecule has 0 saturated heterocycles. The Morgan fingerprint density at radius 1 is 1.11 bits per heavy atom. The molecule has 0 amide bonds. The lowest BCUT2D eigenvalue weighted by Crippen LogP contribution is -1.96. The van der Waals surface area contributed by atoms with Crippen molar-refractivity contribution in [1.29, 1.82) is 0 Å². The SMILES string of the molecule is Cc1cccc(Nc2ncnc3cnccc23)c1. The lowest BCUT2D eigenvalue weighted by molar-refractivity contribution is 1.20. The Bertz CT molecular complexity index is 689. The summed E-state index contributed by atoms with van der Waals surface area (Å²) in [5.41, 5.74) is 3.06. The van der Waals surface area contributed by atoms with Crippen LogP contribution in [0.15, 0.2) is 49.1 Å². The summed E-state index contributed by atoms with van der Waals surface area (Å²) in [5, 5.41) is 4.28. The van der Waals surface area contributed by atoms with Crippen molar-refractivity contribution in [2.75, 3.05) is 5.32 Å². The molecule has 4 heteroatoms. The normalized spacial score (nSPS) is 10.5. The van der Waals surface area contributed by atoms with Gasteiger partial charge in [-0.2, -0.15) is 0 Å². The molecule has 0 spiro atoms. The molecule has 2 aromatic heterocycles. The molecule has 3 rings (SSSR count). The Morgan fingerprint density at radius 3 is 2.94 bits per heavy atom. The van der Waals surface area contributed by atoms with E-state index < -0.39 is 0 Å². The Hall–Kier alpha value is -2.49. The molecule has 0 unspecified atom stereocenters. The van der Waals surface area contributed by atoms with E-state index in [0.29, 0.717) is 0 Å². The fraction of sp³-hybridized carbons (Fsp3) is 0.0714. The number of hydrogen-bond donors (Lipinski definition) is 1. The number of benzene rings is 1. The van der Waals surface area contributed by atoms with Crippen molar-refractivity contribution in [2.45, 2.75) is 6.92 Å². The van der Waals surface area contributed by atoms with Crippen molar-refractivity contribution < 1.29 is 0 Å². The van der Waals surface area contributed by atoms with Gasteiger partial charge in [-0.3, -0.25) is 4.98 Å². The van der Waals surface area contributed by atoms with Crippen LogP contribution < -0.4 is 5.32 Å². The molecule has 1 aromatic carbocycles. The summed E-state index contributed by atoms with van der Waals surface area (Å²) in [6.45, 7) is 2.06. The molecular weight excluding hydrogens is 224 g/mol. The first-order chi connectivity index (χ1) is 8.83. The molecule has 0 aliphatic rings. The minimum atomic E-state index is 0.799. The monoisotopic (exact) mass is 236 g/mol. The fourth-order valence-electron chi connectivity index (χ4n) is 1.87. The van der Waals surface area contributed by atoms with Gasteiger partial charge in [0.2, 0.25) is 0 Å². The molecule has 88 valence electrons. The zero-order chi connectivity index (χ0) is 12.4. The summed E-state index contributed by atoms with van der Waals surface area (Å²) in [6.07, 6.45) is 5.02. The van der Waals surface area contributed by atoms with Crippen LogP contribution in [0.3, 0.4) is 0 Å². The smallest absolute Gasteiger partial charge is 0.141 e. The van der Waals surface area contributed by atoms with E-state index in [2.05, 4.69) is 39.3 Å². The Labute approximate surface area is 105 Å². The van der Waals surface area contributed by atoms with Gasteiger partial charge in [0.1, 0.15) is 12.1 Å². The van der Waals surface area contributed by atoms with Crippen molar-refractivity contribution in [2.24, 2.45) is 0 Å². The predicted octanol–water partition coefficient (Wildman–Crippen LogP) is 3.08. The van der Waals surface area contributed by atoms with E-state index in [0.717, 1.165) is 22.4 Å². The van der Waals surface area contributed by atoms with Crippen LogP contribution in [0.5, 0.6) is 0 Å². The van der Waals surface area contributed by atoms with Gasteiger partial charge in [-0.05, 0) is 30.7 Å². The van der Waals surface area contributed by atoms with Crippen LogP contribution in [0, 0.1) is 6.92 Å². The van der Waals surface area contributed by atoms with Gasteiger partial charge in [-0.1, -0.05) is 12.1 Å². The van der Waals surface area contributed by atoms with Crippen molar-refractivity contribution >= 4 is 22.4 Å². The van der Waals surface area contributed by atoms with E-state index in [-0.39, 0.29) is 0 Å². The second kappa shape index (κ2) is 4.41. The summed E-state index contributed by atoms with van der Waals surface area (Å²) in [5.74, 6) is 0.799. The van der Waals surface area contributed by atoms with Gasteiger partial charge in [-0.15, -0.1) is 0 Å². The molecule has 1 N–H and O–H groups in total. The molecule has 0 radical (unpaired) electrons. The summed E-state index contributed by atoms with van der Waals surface area (Å²) in [7, 11) is 0. The fourth-order valence-corrected chi connectivity index (χ4v) is 1.87. The third-order valence-corrected chi connectivity index (χ3v) is 2.72. The number of nitrogens with zero attached hydrogens (tertiary/aromatic N) is 3. The summed E-state index contributed by atoms with van der Waals surface area (Å²) in [6, 6.07) is 10.1. The quantitative estimate of drug-likeness (QED) is 0.742. The van der Waals surface area contributed by atoms with Crippen molar-refractivity contribution in [3.63, 3.8) is 0 Å². The van der Waals surface area contributed by atoms with Crippen molar-refractivity contribution in [3.05, 3.63) is 54.6 Å². The Morgan fingerprint density at radius 2 is 2.06 bits per heavy atom. The lowest BCUT2D eigenvalue weighted by Gasteiger charge is -2.08. The highest BCUT2D eigenvalue weighted by atomic mass is 15.0. The second-order valence-electron chi connectivity index (χ2n) is 4.11. The van der Waals surface area contributed by atoms with Gasteiger partial charge in [0.05, 0.1) is 11.7 Å². The maximum absolute atomic E-state index is 4.28. The molecule has 0 aliphatic carbocycles. The van der Waals surface area contributed by atoms with Gasteiger partial charge >= 0.3 is 0 Å². The summed E-state index contributed by atoms with van der Waals surface area (Å²) >= 11 is 0. The van der Waals surface area contributed by atoms with E-state index in [1.165, 1.54) is 5.56 Å².